The molecule has 0 bridgehead atoms. The third-order valence-corrected chi connectivity index (χ3v) is 4.78. The summed E-state index contributed by atoms with van der Waals surface area (Å²) in [5.74, 6) is -0.438. The molecule has 3 N–H and O–H groups in total. The lowest BCUT2D eigenvalue weighted by molar-refractivity contribution is -0.126. The molecule has 1 heterocycles. The van der Waals surface area contributed by atoms with Crippen LogP contribution in [0.4, 0.5) is 10.1 Å². The molecule has 27 heavy (non-hydrogen) atoms. The number of nitrogens with one attached hydrogen (secondary N) is 1. The van der Waals surface area contributed by atoms with Crippen molar-refractivity contribution in [2.75, 3.05) is 18.0 Å². The number of rotatable bonds is 4. The number of halogens is 3. The lowest BCUT2D eigenvalue weighted by atomic mass is 9.91. The second kappa shape index (κ2) is 9.93. The van der Waals surface area contributed by atoms with Gasteiger partial charge in [-0.15, -0.1) is 24.8 Å². The molecule has 2 aromatic rings. The van der Waals surface area contributed by atoms with Crippen molar-refractivity contribution in [3.8, 4) is 0 Å². The highest BCUT2D eigenvalue weighted by Gasteiger charge is 2.33. The van der Waals surface area contributed by atoms with Crippen molar-refractivity contribution in [3.63, 3.8) is 0 Å². The largest absolute Gasteiger partial charge is 0.369 e. The van der Waals surface area contributed by atoms with E-state index in [0.29, 0.717) is 6.54 Å². The summed E-state index contributed by atoms with van der Waals surface area (Å²) >= 11 is 0. The predicted molar refractivity (Wildman–Crippen MR) is 112 cm³/mol. The van der Waals surface area contributed by atoms with E-state index in [-0.39, 0.29) is 42.6 Å². The van der Waals surface area contributed by atoms with E-state index in [0.717, 1.165) is 30.6 Å². The fourth-order valence-electron chi connectivity index (χ4n) is 3.25. The minimum atomic E-state index is -1.08. The van der Waals surface area contributed by atoms with Crippen LogP contribution >= 0.6 is 24.8 Å². The Balaban J connectivity index is 0.00000182. The van der Waals surface area contributed by atoms with Crippen LogP contribution in [0.2, 0.25) is 0 Å². The average Bonchev–Trinajstić information content (AvgIpc) is 2.62. The molecule has 0 spiro atoms. The molecule has 0 radical (unpaired) electrons. The summed E-state index contributed by atoms with van der Waals surface area (Å²) in [5.41, 5.74) is 6.84. The number of hydrogen-bond donors (Lipinski definition) is 2. The Morgan fingerprint density at radius 3 is 2.56 bits per heavy atom. The first kappa shape index (κ1) is 23.2. The van der Waals surface area contributed by atoms with Gasteiger partial charge in [-0.2, -0.15) is 0 Å². The smallest absolute Gasteiger partial charge is 0.244 e. The molecule has 2 atom stereocenters. The van der Waals surface area contributed by atoms with Crippen LogP contribution in [0.15, 0.2) is 54.6 Å². The van der Waals surface area contributed by atoms with Crippen molar-refractivity contribution >= 4 is 36.4 Å². The van der Waals surface area contributed by atoms with Gasteiger partial charge in [0.1, 0.15) is 11.4 Å². The Hall–Kier alpha value is -1.82. The highest BCUT2D eigenvalue weighted by molar-refractivity contribution is 5.87. The summed E-state index contributed by atoms with van der Waals surface area (Å²) in [6.45, 7) is 3.24. The Morgan fingerprint density at radius 1 is 1.19 bits per heavy atom. The van der Waals surface area contributed by atoms with Gasteiger partial charge in [-0.05, 0) is 43.5 Å². The molecule has 0 aliphatic carbocycles. The van der Waals surface area contributed by atoms with Gasteiger partial charge in [0.05, 0.1) is 0 Å². The number of benzene rings is 2. The van der Waals surface area contributed by atoms with Crippen LogP contribution in [0, 0.1) is 5.82 Å². The number of nitrogens with two attached hydrogens (primary N) is 1. The van der Waals surface area contributed by atoms with Crippen molar-refractivity contribution in [1.29, 1.82) is 0 Å². The Labute approximate surface area is 172 Å². The second-order valence-corrected chi connectivity index (χ2v) is 6.81. The van der Waals surface area contributed by atoms with Gasteiger partial charge in [0, 0.05) is 24.8 Å². The van der Waals surface area contributed by atoms with Gasteiger partial charge >= 0.3 is 0 Å². The topological polar surface area (TPSA) is 58.4 Å². The van der Waals surface area contributed by atoms with Crippen LogP contribution in [0.5, 0.6) is 0 Å². The molecule has 7 heteroatoms. The van der Waals surface area contributed by atoms with Crippen LogP contribution in [-0.4, -0.2) is 25.0 Å². The van der Waals surface area contributed by atoms with E-state index >= 15 is 0 Å². The van der Waals surface area contributed by atoms with Crippen molar-refractivity contribution in [3.05, 3.63) is 66.0 Å². The highest BCUT2D eigenvalue weighted by atomic mass is 35.5. The number of nitrogens with zero attached hydrogens (tertiary/aromatic N) is 1. The lowest BCUT2D eigenvalue weighted by Crippen LogP contribution is -2.55. The van der Waals surface area contributed by atoms with E-state index < -0.39 is 5.54 Å². The molecule has 1 saturated heterocycles. The van der Waals surface area contributed by atoms with Gasteiger partial charge in [-0.25, -0.2) is 4.39 Å². The van der Waals surface area contributed by atoms with E-state index in [4.69, 9.17) is 5.73 Å². The van der Waals surface area contributed by atoms with Crippen molar-refractivity contribution < 1.29 is 9.18 Å². The highest BCUT2D eigenvalue weighted by Crippen LogP contribution is 2.22. The summed E-state index contributed by atoms with van der Waals surface area (Å²) in [6, 6.07) is 15.9. The molecule has 2 unspecified atom stereocenters. The molecule has 0 aromatic heterocycles. The first-order valence-electron chi connectivity index (χ1n) is 8.63. The molecular formula is C20H26Cl2FN3O. The molecule has 1 aliphatic rings. The zero-order valence-corrected chi connectivity index (χ0v) is 16.9. The van der Waals surface area contributed by atoms with Crippen LogP contribution in [0.25, 0.3) is 0 Å². The zero-order chi connectivity index (χ0) is 17.9. The molecular weight excluding hydrogens is 388 g/mol. The van der Waals surface area contributed by atoms with Crippen molar-refractivity contribution in [1.82, 2.24) is 5.32 Å². The van der Waals surface area contributed by atoms with Crippen LogP contribution < -0.4 is 16.0 Å². The van der Waals surface area contributed by atoms with Crippen molar-refractivity contribution in [2.45, 2.75) is 31.3 Å². The fourth-order valence-corrected chi connectivity index (χ4v) is 3.25. The quantitative estimate of drug-likeness (QED) is 0.804. The number of piperidine rings is 1. The normalized spacial score (nSPS) is 18.5. The SMILES string of the molecule is CC(N)(C(=O)NC1CCCN(c2cccc(F)c2)C1)c1ccccc1.Cl.Cl. The number of carbonyl (C=O) groups is 1. The third kappa shape index (κ3) is 5.58. The lowest BCUT2D eigenvalue weighted by Gasteiger charge is -2.36. The van der Waals surface area contributed by atoms with Gasteiger partial charge in [0.25, 0.3) is 0 Å². The first-order valence-corrected chi connectivity index (χ1v) is 8.63. The third-order valence-electron chi connectivity index (χ3n) is 4.78. The first-order chi connectivity index (χ1) is 12.0. The summed E-state index contributed by atoms with van der Waals surface area (Å²) in [7, 11) is 0. The number of hydrogen-bond acceptors (Lipinski definition) is 3. The van der Waals surface area contributed by atoms with Gasteiger partial charge in [0.2, 0.25) is 5.91 Å². The van der Waals surface area contributed by atoms with Gasteiger partial charge < -0.3 is 16.0 Å². The van der Waals surface area contributed by atoms with E-state index in [2.05, 4.69) is 10.2 Å². The zero-order valence-electron chi connectivity index (χ0n) is 15.2. The summed E-state index contributed by atoms with van der Waals surface area (Å²) in [5, 5.41) is 3.07. The molecule has 2 aromatic carbocycles. The van der Waals surface area contributed by atoms with E-state index in [9.17, 15) is 9.18 Å². The Bertz CT molecular complexity index is 743. The second-order valence-electron chi connectivity index (χ2n) is 6.81. The molecule has 3 rings (SSSR count). The van der Waals surface area contributed by atoms with Gasteiger partial charge in [-0.1, -0.05) is 36.4 Å². The van der Waals surface area contributed by atoms with E-state index in [1.54, 1.807) is 13.0 Å². The number of carbonyl (C=O) groups excluding carboxylic acids is 1. The molecule has 1 aliphatic heterocycles. The minimum absolute atomic E-state index is 0. The standard InChI is InChI=1S/C20H24FN3O.2ClH/c1-20(22,15-7-3-2-4-8-15)19(25)23-17-10-6-12-24(14-17)18-11-5-9-16(21)13-18;;/h2-5,7-9,11,13,17H,6,10,12,14,22H2,1H3,(H,23,25);2*1H. The van der Waals surface area contributed by atoms with E-state index in [1.807, 2.05) is 36.4 Å². The van der Waals surface area contributed by atoms with E-state index in [1.165, 1.54) is 12.1 Å². The Kier molecular flexibility index (Phi) is 8.54. The van der Waals surface area contributed by atoms with Gasteiger partial charge in [-0.3, -0.25) is 4.79 Å². The maximum Gasteiger partial charge on any atom is 0.244 e. The molecule has 0 saturated carbocycles. The average molecular weight is 414 g/mol. The van der Waals surface area contributed by atoms with Crippen LogP contribution in [0.1, 0.15) is 25.3 Å². The summed E-state index contributed by atoms with van der Waals surface area (Å²) in [4.78, 5) is 14.8. The predicted octanol–water partition coefficient (Wildman–Crippen LogP) is 3.63. The maximum atomic E-state index is 13.5. The molecule has 1 amide bonds. The Morgan fingerprint density at radius 2 is 1.89 bits per heavy atom. The maximum absolute atomic E-state index is 13.5. The van der Waals surface area contributed by atoms with Crippen LogP contribution in [-0.2, 0) is 10.3 Å². The summed E-state index contributed by atoms with van der Waals surface area (Å²) < 4.78 is 13.5. The molecule has 1 fully saturated rings. The monoisotopic (exact) mass is 413 g/mol. The summed E-state index contributed by atoms with van der Waals surface area (Å²) in [6.07, 6.45) is 1.83. The number of anilines is 1. The van der Waals surface area contributed by atoms with Gasteiger partial charge in [0.15, 0.2) is 0 Å². The molecule has 4 nitrogen and oxygen atoms in total. The number of amides is 1. The van der Waals surface area contributed by atoms with Crippen molar-refractivity contribution in [2.24, 2.45) is 5.73 Å². The van der Waals surface area contributed by atoms with Crippen LogP contribution in [0.3, 0.4) is 0 Å². The minimum Gasteiger partial charge on any atom is -0.369 e. The molecule has 148 valence electrons. The fraction of sp³-hybridized carbons (Fsp3) is 0.350.